The monoisotopic (exact) mass is 317 g/mol. The van der Waals surface area contributed by atoms with Crippen molar-refractivity contribution >= 4 is 5.91 Å². The smallest absolute Gasteiger partial charge is 0.239 e. The van der Waals surface area contributed by atoms with E-state index in [2.05, 4.69) is 55.3 Å². The van der Waals surface area contributed by atoms with Gasteiger partial charge in [0.15, 0.2) is 0 Å². The van der Waals surface area contributed by atoms with Gasteiger partial charge in [-0.3, -0.25) is 10.1 Å². The molecule has 1 saturated heterocycles. The van der Waals surface area contributed by atoms with Gasteiger partial charge in [0.25, 0.3) is 0 Å². The lowest BCUT2D eigenvalue weighted by Crippen LogP contribution is -2.53. The quantitative estimate of drug-likeness (QED) is 0.876. The molecule has 1 aliphatic heterocycles. The van der Waals surface area contributed by atoms with Crippen molar-refractivity contribution in [1.82, 2.24) is 15.1 Å². The average molecular weight is 317 g/mol. The Bertz CT molecular complexity index is 481. The topological polar surface area (TPSA) is 35.6 Å². The lowest BCUT2D eigenvalue weighted by atomic mass is 9.95. The number of hydrogen-bond donors (Lipinski definition) is 1. The van der Waals surface area contributed by atoms with E-state index in [9.17, 15) is 4.79 Å². The van der Waals surface area contributed by atoms with Crippen molar-refractivity contribution in [3.8, 4) is 0 Å². The zero-order valence-electron chi connectivity index (χ0n) is 15.0. The van der Waals surface area contributed by atoms with Gasteiger partial charge in [0.2, 0.25) is 5.91 Å². The van der Waals surface area contributed by atoms with Gasteiger partial charge >= 0.3 is 0 Å². The fraction of sp³-hybridized carbons (Fsp3) is 0.632. The van der Waals surface area contributed by atoms with Crippen LogP contribution in [0.1, 0.15) is 39.3 Å². The predicted molar refractivity (Wildman–Crippen MR) is 95.3 cm³/mol. The van der Waals surface area contributed by atoms with Gasteiger partial charge in [0.1, 0.15) is 0 Å². The fourth-order valence-corrected chi connectivity index (χ4v) is 3.23. The van der Waals surface area contributed by atoms with E-state index < -0.39 is 0 Å². The summed E-state index contributed by atoms with van der Waals surface area (Å²) in [5.74, 6) is 0.659. The number of carbonyl (C=O) groups is 1. The summed E-state index contributed by atoms with van der Waals surface area (Å²) in [6, 6.07) is 10.5. The first-order valence-electron chi connectivity index (χ1n) is 8.85. The van der Waals surface area contributed by atoms with Crippen LogP contribution in [-0.2, 0) is 4.79 Å². The molecule has 2 atom stereocenters. The molecule has 4 nitrogen and oxygen atoms in total. The summed E-state index contributed by atoms with van der Waals surface area (Å²) < 4.78 is 0. The van der Waals surface area contributed by atoms with E-state index in [1.165, 1.54) is 5.56 Å². The molecule has 4 heteroatoms. The van der Waals surface area contributed by atoms with Gasteiger partial charge in [0, 0.05) is 32.2 Å². The molecule has 2 unspecified atom stereocenters. The van der Waals surface area contributed by atoms with Crippen LogP contribution in [0.3, 0.4) is 0 Å². The molecule has 1 aliphatic rings. The predicted octanol–water partition coefficient (Wildman–Crippen LogP) is 2.53. The number of amides is 1. The second-order valence-electron chi connectivity index (χ2n) is 6.78. The van der Waals surface area contributed by atoms with Crippen LogP contribution in [0.5, 0.6) is 0 Å². The number of benzene rings is 1. The Labute approximate surface area is 140 Å². The van der Waals surface area contributed by atoms with E-state index in [0.29, 0.717) is 5.92 Å². The minimum absolute atomic E-state index is 0.157. The molecule has 0 saturated carbocycles. The Kier molecular flexibility index (Phi) is 6.60. The van der Waals surface area contributed by atoms with E-state index in [1.54, 1.807) is 0 Å². The van der Waals surface area contributed by atoms with Crippen molar-refractivity contribution in [2.75, 3.05) is 32.7 Å². The summed E-state index contributed by atoms with van der Waals surface area (Å²) >= 11 is 0. The van der Waals surface area contributed by atoms with Crippen LogP contribution in [0.2, 0.25) is 0 Å². The zero-order valence-corrected chi connectivity index (χ0v) is 15.0. The van der Waals surface area contributed by atoms with Crippen LogP contribution in [0.25, 0.3) is 0 Å². The zero-order chi connectivity index (χ0) is 16.8. The molecule has 1 heterocycles. The van der Waals surface area contributed by atoms with E-state index in [0.717, 1.165) is 32.7 Å². The highest BCUT2D eigenvalue weighted by Crippen LogP contribution is 2.22. The molecule has 128 valence electrons. The van der Waals surface area contributed by atoms with Crippen molar-refractivity contribution < 1.29 is 4.79 Å². The van der Waals surface area contributed by atoms with Gasteiger partial charge in [0.05, 0.1) is 6.04 Å². The van der Waals surface area contributed by atoms with Crippen LogP contribution in [0.15, 0.2) is 30.3 Å². The molecule has 2 rings (SSSR count). The van der Waals surface area contributed by atoms with Crippen LogP contribution < -0.4 is 5.32 Å². The van der Waals surface area contributed by atoms with Crippen molar-refractivity contribution in [2.45, 2.75) is 39.8 Å². The number of likely N-dealkylation sites (N-methyl/N-ethyl adjacent to an activating group) is 1. The Morgan fingerprint density at radius 1 is 1.09 bits per heavy atom. The van der Waals surface area contributed by atoms with Gasteiger partial charge < -0.3 is 9.80 Å². The molecule has 1 aromatic rings. The third-order valence-corrected chi connectivity index (χ3v) is 4.76. The van der Waals surface area contributed by atoms with Gasteiger partial charge in [-0.25, -0.2) is 0 Å². The fourth-order valence-electron chi connectivity index (χ4n) is 3.23. The number of hydrogen-bond acceptors (Lipinski definition) is 3. The lowest BCUT2D eigenvalue weighted by molar-refractivity contribution is -0.135. The molecule has 0 radical (unpaired) electrons. The van der Waals surface area contributed by atoms with Gasteiger partial charge in [-0.15, -0.1) is 0 Å². The van der Waals surface area contributed by atoms with E-state index in [-0.39, 0.29) is 18.0 Å². The van der Waals surface area contributed by atoms with Crippen LogP contribution in [0.4, 0.5) is 0 Å². The summed E-state index contributed by atoms with van der Waals surface area (Å²) in [6.07, 6.45) is 0. The molecule has 0 aromatic heterocycles. The Balaban J connectivity index is 1.96. The van der Waals surface area contributed by atoms with Crippen molar-refractivity contribution in [3.63, 3.8) is 0 Å². The number of rotatable bonds is 6. The molecule has 0 spiro atoms. The number of carbonyl (C=O) groups excluding carboxylic acids is 1. The molecule has 23 heavy (non-hydrogen) atoms. The maximum Gasteiger partial charge on any atom is 0.239 e. The molecule has 0 aliphatic carbocycles. The van der Waals surface area contributed by atoms with Crippen molar-refractivity contribution in [2.24, 2.45) is 5.92 Å². The second kappa shape index (κ2) is 8.46. The summed E-state index contributed by atoms with van der Waals surface area (Å²) in [6.45, 7) is 13.3. The molecule has 0 bridgehead atoms. The second-order valence-corrected chi connectivity index (χ2v) is 6.78. The first-order valence-corrected chi connectivity index (χ1v) is 8.85. The SMILES string of the molecule is CCN1CCN(C(=O)C(C)NC(c2ccccc2)C(C)C)CC1. The highest BCUT2D eigenvalue weighted by atomic mass is 16.2. The minimum atomic E-state index is -0.157. The summed E-state index contributed by atoms with van der Waals surface area (Å²) in [4.78, 5) is 17.1. The van der Waals surface area contributed by atoms with Crippen molar-refractivity contribution in [3.05, 3.63) is 35.9 Å². The summed E-state index contributed by atoms with van der Waals surface area (Å²) in [5.41, 5.74) is 1.25. The molecule has 1 N–H and O–H groups in total. The van der Waals surface area contributed by atoms with Crippen LogP contribution in [0, 0.1) is 5.92 Å². The van der Waals surface area contributed by atoms with Gasteiger partial charge in [-0.1, -0.05) is 51.1 Å². The molecule has 1 fully saturated rings. The van der Waals surface area contributed by atoms with Gasteiger partial charge in [-0.2, -0.15) is 0 Å². The van der Waals surface area contributed by atoms with Crippen LogP contribution in [-0.4, -0.2) is 54.5 Å². The van der Waals surface area contributed by atoms with Gasteiger partial charge in [-0.05, 0) is 24.9 Å². The van der Waals surface area contributed by atoms with E-state index in [4.69, 9.17) is 0 Å². The first kappa shape index (κ1) is 18.0. The van der Waals surface area contributed by atoms with E-state index >= 15 is 0 Å². The maximum atomic E-state index is 12.7. The number of piperazine rings is 1. The minimum Gasteiger partial charge on any atom is -0.339 e. The van der Waals surface area contributed by atoms with Crippen molar-refractivity contribution in [1.29, 1.82) is 0 Å². The largest absolute Gasteiger partial charge is 0.339 e. The standard InChI is InChI=1S/C19H31N3O/c1-5-21-11-13-22(14-12-21)19(23)16(4)20-18(15(2)3)17-9-7-6-8-10-17/h6-10,15-16,18,20H,5,11-14H2,1-4H3. The lowest BCUT2D eigenvalue weighted by Gasteiger charge is -2.36. The normalized spacial score (nSPS) is 18.9. The van der Waals surface area contributed by atoms with E-state index in [1.807, 2.05) is 17.9 Å². The third kappa shape index (κ3) is 4.79. The number of nitrogens with zero attached hydrogens (tertiary/aromatic N) is 2. The summed E-state index contributed by atoms with van der Waals surface area (Å²) in [5, 5.41) is 3.55. The highest BCUT2D eigenvalue weighted by Gasteiger charge is 2.27. The highest BCUT2D eigenvalue weighted by molar-refractivity contribution is 5.81. The first-order chi connectivity index (χ1) is 11.0. The average Bonchev–Trinajstić information content (AvgIpc) is 2.59. The third-order valence-electron chi connectivity index (χ3n) is 4.76. The van der Waals surface area contributed by atoms with Crippen LogP contribution >= 0.6 is 0 Å². The Morgan fingerprint density at radius 2 is 1.70 bits per heavy atom. The Morgan fingerprint density at radius 3 is 2.22 bits per heavy atom. The maximum absolute atomic E-state index is 12.7. The molecule has 1 amide bonds. The molecular weight excluding hydrogens is 286 g/mol. The molecular formula is C19H31N3O. The number of nitrogens with one attached hydrogen (secondary N) is 1. The summed E-state index contributed by atoms with van der Waals surface area (Å²) in [7, 11) is 0. The molecule has 1 aromatic carbocycles. The Hall–Kier alpha value is -1.39.